The van der Waals surface area contributed by atoms with Crippen molar-refractivity contribution in [3.63, 3.8) is 0 Å². The van der Waals surface area contributed by atoms with Gasteiger partial charge in [-0.05, 0) is 43.5 Å². The number of rotatable bonds is 7. The largest absolute Gasteiger partial charge is 0.508 e. The first-order valence-electron chi connectivity index (χ1n) is 8.07. The second-order valence-corrected chi connectivity index (χ2v) is 5.94. The summed E-state index contributed by atoms with van der Waals surface area (Å²) in [4.78, 5) is 17.5. The number of aryl methyl sites for hydroxylation is 1. The second kappa shape index (κ2) is 8.87. The van der Waals surface area contributed by atoms with E-state index < -0.39 is 5.92 Å². The summed E-state index contributed by atoms with van der Waals surface area (Å²) in [5, 5.41) is 13.5. The molecule has 0 aliphatic carbocycles. The van der Waals surface area contributed by atoms with Gasteiger partial charge in [0.15, 0.2) is 0 Å². The van der Waals surface area contributed by atoms with Crippen LogP contribution in [0.4, 0.5) is 0 Å². The molecule has 5 nitrogen and oxygen atoms in total. The highest BCUT2D eigenvalue weighted by Gasteiger charge is 2.23. The van der Waals surface area contributed by atoms with Crippen LogP contribution in [0.15, 0.2) is 53.7 Å². The quantitative estimate of drug-likeness (QED) is 0.474. The SMILES string of the molecule is COC(=O)C(Cc1ccc(O)cc1)C(C)=NOCc1ccc(C)cc1. The van der Waals surface area contributed by atoms with Gasteiger partial charge in [-0.15, -0.1) is 0 Å². The Kier molecular flexibility index (Phi) is 6.57. The van der Waals surface area contributed by atoms with Gasteiger partial charge in [-0.2, -0.15) is 0 Å². The lowest BCUT2D eigenvalue weighted by atomic mass is 9.95. The third-order valence-corrected chi connectivity index (χ3v) is 3.93. The Balaban J connectivity index is 2.03. The fourth-order valence-corrected chi connectivity index (χ4v) is 2.37. The van der Waals surface area contributed by atoms with Crippen LogP contribution >= 0.6 is 0 Å². The van der Waals surface area contributed by atoms with Gasteiger partial charge in [0.1, 0.15) is 18.3 Å². The fourth-order valence-electron chi connectivity index (χ4n) is 2.37. The lowest BCUT2D eigenvalue weighted by molar-refractivity contribution is -0.143. The molecule has 2 aromatic carbocycles. The number of carbonyl (C=O) groups is 1. The van der Waals surface area contributed by atoms with E-state index in [0.717, 1.165) is 11.1 Å². The van der Waals surface area contributed by atoms with Crippen LogP contribution in [0.25, 0.3) is 0 Å². The molecule has 1 N–H and O–H groups in total. The van der Waals surface area contributed by atoms with Gasteiger partial charge in [-0.3, -0.25) is 4.79 Å². The lowest BCUT2D eigenvalue weighted by Crippen LogP contribution is -2.26. The van der Waals surface area contributed by atoms with Gasteiger partial charge in [0, 0.05) is 0 Å². The predicted octanol–water partition coefficient (Wildman–Crippen LogP) is 3.63. The van der Waals surface area contributed by atoms with E-state index in [4.69, 9.17) is 9.57 Å². The molecule has 0 aliphatic heterocycles. The Labute approximate surface area is 147 Å². The highest BCUT2D eigenvalue weighted by Crippen LogP contribution is 2.16. The number of methoxy groups -OCH3 is 1. The molecule has 132 valence electrons. The molecule has 0 saturated carbocycles. The van der Waals surface area contributed by atoms with Crippen LogP contribution in [0.5, 0.6) is 5.75 Å². The molecular formula is C20H23NO4. The van der Waals surface area contributed by atoms with E-state index in [1.54, 1.807) is 31.2 Å². The maximum absolute atomic E-state index is 12.1. The van der Waals surface area contributed by atoms with E-state index in [-0.39, 0.29) is 11.7 Å². The van der Waals surface area contributed by atoms with Crippen molar-refractivity contribution in [3.05, 3.63) is 65.2 Å². The molecule has 0 aromatic heterocycles. The molecule has 1 atom stereocenters. The maximum Gasteiger partial charge on any atom is 0.314 e. The van der Waals surface area contributed by atoms with Gasteiger partial charge in [0.25, 0.3) is 0 Å². The summed E-state index contributed by atoms with van der Waals surface area (Å²) in [5.41, 5.74) is 3.65. The van der Waals surface area contributed by atoms with E-state index in [9.17, 15) is 9.90 Å². The number of nitrogens with zero attached hydrogens (tertiary/aromatic N) is 1. The molecule has 0 saturated heterocycles. The minimum absolute atomic E-state index is 0.185. The molecular weight excluding hydrogens is 318 g/mol. The molecule has 2 rings (SSSR count). The summed E-state index contributed by atoms with van der Waals surface area (Å²) >= 11 is 0. The van der Waals surface area contributed by atoms with Crippen LogP contribution in [0, 0.1) is 12.8 Å². The zero-order valence-corrected chi connectivity index (χ0v) is 14.7. The van der Waals surface area contributed by atoms with Crippen molar-refractivity contribution in [1.82, 2.24) is 0 Å². The molecule has 0 aliphatic rings. The van der Waals surface area contributed by atoms with E-state index >= 15 is 0 Å². The molecule has 0 radical (unpaired) electrons. The molecule has 0 spiro atoms. The summed E-state index contributed by atoms with van der Waals surface area (Å²) < 4.78 is 4.88. The van der Waals surface area contributed by atoms with Crippen LogP contribution in [0.2, 0.25) is 0 Å². The minimum atomic E-state index is -0.535. The Morgan fingerprint density at radius 2 is 1.68 bits per heavy atom. The fraction of sp³-hybridized carbons (Fsp3) is 0.300. The number of oxime groups is 1. The van der Waals surface area contributed by atoms with E-state index in [2.05, 4.69) is 5.16 Å². The van der Waals surface area contributed by atoms with E-state index in [1.807, 2.05) is 31.2 Å². The van der Waals surface area contributed by atoms with Crippen LogP contribution in [-0.2, 0) is 27.4 Å². The second-order valence-electron chi connectivity index (χ2n) is 5.94. The first-order chi connectivity index (χ1) is 12.0. The number of phenolic OH excluding ortho intramolecular Hbond substituents is 1. The number of hydrogen-bond donors (Lipinski definition) is 1. The smallest absolute Gasteiger partial charge is 0.314 e. The van der Waals surface area contributed by atoms with Crippen molar-refractivity contribution in [2.45, 2.75) is 26.9 Å². The van der Waals surface area contributed by atoms with Crippen LogP contribution < -0.4 is 0 Å². The standard InChI is InChI=1S/C20H23NO4/c1-14-4-6-17(7-5-14)13-25-21-15(2)19(20(23)24-3)12-16-8-10-18(22)11-9-16/h4-11,19,22H,12-13H2,1-3H3. The Morgan fingerprint density at radius 3 is 2.28 bits per heavy atom. The molecule has 0 amide bonds. The Bertz CT molecular complexity index is 720. The number of esters is 1. The molecule has 0 bridgehead atoms. The Hall–Kier alpha value is -2.82. The van der Waals surface area contributed by atoms with Crippen molar-refractivity contribution >= 4 is 11.7 Å². The number of benzene rings is 2. The van der Waals surface area contributed by atoms with Gasteiger partial charge in [-0.1, -0.05) is 47.1 Å². The highest BCUT2D eigenvalue weighted by atomic mass is 16.6. The van der Waals surface area contributed by atoms with Crippen molar-refractivity contribution in [3.8, 4) is 5.75 Å². The van der Waals surface area contributed by atoms with Crippen molar-refractivity contribution in [2.24, 2.45) is 11.1 Å². The van der Waals surface area contributed by atoms with Crippen LogP contribution in [0.1, 0.15) is 23.6 Å². The molecule has 1 unspecified atom stereocenters. The molecule has 5 heteroatoms. The van der Waals surface area contributed by atoms with E-state index in [1.165, 1.54) is 12.7 Å². The zero-order chi connectivity index (χ0) is 18.2. The summed E-state index contributed by atoms with van der Waals surface area (Å²) in [6.45, 7) is 4.11. The summed E-state index contributed by atoms with van der Waals surface area (Å²) in [6.07, 6.45) is 0.427. The number of phenols is 1. The van der Waals surface area contributed by atoms with Crippen LogP contribution in [-0.4, -0.2) is 23.9 Å². The lowest BCUT2D eigenvalue weighted by Gasteiger charge is -2.14. The summed E-state index contributed by atoms with van der Waals surface area (Å²) in [7, 11) is 1.35. The van der Waals surface area contributed by atoms with E-state index in [0.29, 0.717) is 18.7 Å². The van der Waals surface area contributed by atoms with Crippen molar-refractivity contribution in [1.29, 1.82) is 0 Å². The molecule has 0 fully saturated rings. The summed E-state index contributed by atoms with van der Waals surface area (Å²) in [5.74, 6) is -0.717. The average Bonchev–Trinajstić information content (AvgIpc) is 2.62. The topological polar surface area (TPSA) is 68.1 Å². The van der Waals surface area contributed by atoms with Gasteiger partial charge < -0.3 is 14.7 Å². The first-order valence-corrected chi connectivity index (χ1v) is 8.07. The number of hydrogen-bond acceptors (Lipinski definition) is 5. The van der Waals surface area contributed by atoms with Gasteiger partial charge in [0.2, 0.25) is 0 Å². The highest BCUT2D eigenvalue weighted by molar-refractivity contribution is 6.00. The molecule has 0 heterocycles. The first kappa shape index (κ1) is 18.5. The predicted molar refractivity (Wildman–Crippen MR) is 96.4 cm³/mol. The Morgan fingerprint density at radius 1 is 1.08 bits per heavy atom. The van der Waals surface area contributed by atoms with Crippen molar-refractivity contribution in [2.75, 3.05) is 7.11 Å². The van der Waals surface area contributed by atoms with Gasteiger partial charge >= 0.3 is 5.97 Å². The third-order valence-electron chi connectivity index (χ3n) is 3.93. The molecule has 2 aromatic rings. The maximum atomic E-state index is 12.1. The normalized spacial score (nSPS) is 12.5. The third kappa shape index (κ3) is 5.64. The number of aromatic hydroxyl groups is 1. The van der Waals surface area contributed by atoms with Gasteiger partial charge in [0.05, 0.1) is 12.8 Å². The van der Waals surface area contributed by atoms with Crippen LogP contribution in [0.3, 0.4) is 0 Å². The van der Waals surface area contributed by atoms with Crippen molar-refractivity contribution < 1.29 is 19.5 Å². The minimum Gasteiger partial charge on any atom is -0.508 e. The molecule has 25 heavy (non-hydrogen) atoms. The summed E-state index contributed by atoms with van der Waals surface area (Å²) in [6, 6.07) is 14.7. The zero-order valence-electron chi connectivity index (χ0n) is 14.7. The monoisotopic (exact) mass is 341 g/mol. The average molecular weight is 341 g/mol. The number of ether oxygens (including phenoxy) is 1. The van der Waals surface area contributed by atoms with Gasteiger partial charge in [-0.25, -0.2) is 0 Å². The number of carbonyl (C=O) groups excluding carboxylic acids is 1.